The predicted molar refractivity (Wildman–Crippen MR) is 60.4 cm³/mol. The zero-order valence-electron chi connectivity index (χ0n) is 9.26. The van der Waals surface area contributed by atoms with E-state index in [1.165, 1.54) is 0 Å². The molecule has 0 radical (unpaired) electrons. The van der Waals surface area contributed by atoms with Crippen molar-refractivity contribution >= 4 is 11.5 Å². The average molecular weight is 204 g/mol. The standard InChI is InChI=1S/C12H16N2O/c1-8-7-10(13-2)9-5-3-4-6-11(15)12(9)14-8/h7H,3-6H2,1-2H3,(H,13,14). The number of aryl methyl sites for hydroxylation is 1. The Bertz CT molecular complexity index is 399. The van der Waals surface area contributed by atoms with Gasteiger partial charge in [0, 0.05) is 30.4 Å². The number of aromatic nitrogens is 1. The molecule has 0 aliphatic heterocycles. The zero-order valence-corrected chi connectivity index (χ0v) is 9.26. The molecule has 2 rings (SSSR count). The Morgan fingerprint density at radius 3 is 2.80 bits per heavy atom. The van der Waals surface area contributed by atoms with E-state index in [-0.39, 0.29) is 5.78 Å². The Kier molecular flexibility index (Phi) is 2.71. The van der Waals surface area contributed by atoms with Crippen molar-refractivity contribution in [2.75, 3.05) is 12.4 Å². The molecule has 0 bridgehead atoms. The lowest BCUT2D eigenvalue weighted by Crippen LogP contribution is -2.08. The zero-order chi connectivity index (χ0) is 10.8. The van der Waals surface area contributed by atoms with Crippen molar-refractivity contribution in [1.29, 1.82) is 0 Å². The predicted octanol–water partition coefficient (Wildman–Crippen LogP) is 2.34. The van der Waals surface area contributed by atoms with E-state index in [2.05, 4.69) is 10.3 Å². The molecule has 1 N–H and O–H groups in total. The summed E-state index contributed by atoms with van der Waals surface area (Å²) in [4.78, 5) is 16.2. The van der Waals surface area contributed by atoms with Crippen LogP contribution < -0.4 is 5.32 Å². The number of anilines is 1. The van der Waals surface area contributed by atoms with Crippen LogP contribution in [0.15, 0.2) is 6.07 Å². The van der Waals surface area contributed by atoms with Gasteiger partial charge in [-0.3, -0.25) is 4.79 Å². The van der Waals surface area contributed by atoms with Crippen molar-refractivity contribution in [2.24, 2.45) is 0 Å². The summed E-state index contributed by atoms with van der Waals surface area (Å²) in [5.41, 5.74) is 3.77. The third-order valence-corrected chi connectivity index (χ3v) is 2.87. The largest absolute Gasteiger partial charge is 0.388 e. The summed E-state index contributed by atoms with van der Waals surface area (Å²) in [6.45, 7) is 1.93. The first kappa shape index (κ1) is 10.1. The molecule has 1 heterocycles. The monoisotopic (exact) mass is 204 g/mol. The Morgan fingerprint density at radius 1 is 1.33 bits per heavy atom. The lowest BCUT2D eigenvalue weighted by molar-refractivity contribution is 0.0977. The molecule has 0 atom stereocenters. The molecule has 0 saturated heterocycles. The van der Waals surface area contributed by atoms with Crippen LogP contribution in [0.1, 0.15) is 41.0 Å². The molecule has 3 heteroatoms. The molecule has 80 valence electrons. The Morgan fingerprint density at radius 2 is 2.07 bits per heavy atom. The molecule has 1 aliphatic carbocycles. The highest BCUT2D eigenvalue weighted by atomic mass is 16.1. The molecular weight excluding hydrogens is 188 g/mol. The molecule has 0 fully saturated rings. The summed E-state index contributed by atoms with van der Waals surface area (Å²) in [6.07, 6.45) is 3.67. The summed E-state index contributed by atoms with van der Waals surface area (Å²) in [6, 6.07) is 2.01. The number of carbonyl (C=O) groups is 1. The number of pyridine rings is 1. The third kappa shape index (κ3) is 1.87. The van der Waals surface area contributed by atoms with Crippen LogP contribution >= 0.6 is 0 Å². The highest BCUT2D eigenvalue weighted by Gasteiger charge is 2.19. The molecule has 0 amide bonds. The fourth-order valence-electron chi connectivity index (χ4n) is 2.11. The molecule has 0 unspecified atom stereocenters. The molecule has 0 spiro atoms. The number of rotatable bonds is 1. The van der Waals surface area contributed by atoms with Gasteiger partial charge in [-0.25, -0.2) is 4.98 Å². The number of hydrogen-bond donors (Lipinski definition) is 1. The number of Topliss-reactive ketones (excluding diaryl/α,β-unsaturated/α-hetero) is 1. The smallest absolute Gasteiger partial charge is 0.181 e. The van der Waals surface area contributed by atoms with E-state index in [0.717, 1.165) is 36.2 Å². The van der Waals surface area contributed by atoms with Gasteiger partial charge in [-0.2, -0.15) is 0 Å². The van der Waals surface area contributed by atoms with Crippen LogP contribution in [-0.2, 0) is 6.42 Å². The molecule has 1 aromatic heterocycles. The van der Waals surface area contributed by atoms with Gasteiger partial charge in [-0.15, -0.1) is 0 Å². The van der Waals surface area contributed by atoms with Gasteiger partial charge in [0.05, 0.1) is 0 Å². The van der Waals surface area contributed by atoms with Crippen molar-refractivity contribution in [3.63, 3.8) is 0 Å². The van der Waals surface area contributed by atoms with Crippen LogP contribution in [0.3, 0.4) is 0 Å². The van der Waals surface area contributed by atoms with E-state index in [1.54, 1.807) is 0 Å². The van der Waals surface area contributed by atoms with Crippen LogP contribution in [0, 0.1) is 6.92 Å². The highest BCUT2D eigenvalue weighted by molar-refractivity contribution is 5.97. The second kappa shape index (κ2) is 4.01. The van der Waals surface area contributed by atoms with Crippen LogP contribution in [-0.4, -0.2) is 17.8 Å². The van der Waals surface area contributed by atoms with Crippen molar-refractivity contribution in [3.8, 4) is 0 Å². The second-order valence-corrected chi connectivity index (χ2v) is 4.02. The van der Waals surface area contributed by atoms with E-state index in [9.17, 15) is 4.79 Å². The maximum absolute atomic E-state index is 11.8. The molecule has 3 nitrogen and oxygen atoms in total. The number of hydrogen-bond acceptors (Lipinski definition) is 3. The highest BCUT2D eigenvalue weighted by Crippen LogP contribution is 2.26. The van der Waals surface area contributed by atoms with E-state index in [0.29, 0.717) is 12.1 Å². The van der Waals surface area contributed by atoms with Gasteiger partial charge >= 0.3 is 0 Å². The minimum Gasteiger partial charge on any atom is -0.388 e. The quantitative estimate of drug-likeness (QED) is 0.714. The minimum atomic E-state index is 0.197. The Labute approximate surface area is 89.9 Å². The number of carbonyl (C=O) groups excluding carboxylic acids is 1. The van der Waals surface area contributed by atoms with Crippen LogP contribution in [0.2, 0.25) is 0 Å². The molecule has 1 aromatic rings. The molecule has 15 heavy (non-hydrogen) atoms. The van der Waals surface area contributed by atoms with Gasteiger partial charge in [-0.1, -0.05) is 0 Å². The van der Waals surface area contributed by atoms with Crippen molar-refractivity contribution < 1.29 is 4.79 Å². The van der Waals surface area contributed by atoms with Gasteiger partial charge < -0.3 is 5.32 Å². The lowest BCUT2D eigenvalue weighted by Gasteiger charge is -2.11. The maximum Gasteiger partial charge on any atom is 0.181 e. The molecule has 0 aromatic carbocycles. The van der Waals surface area contributed by atoms with Gasteiger partial charge in [0.15, 0.2) is 5.78 Å². The van der Waals surface area contributed by atoms with E-state index < -0.39 is 0 Å². The fraction of sp³-hybridized carbons (Fsp3) is 0.500. The molecule has 1 aliphatic rings. The molecule has 0 saturated carbocycles. The number of fused-ring (bicyclic) bond motifs is 1. The van der Waals surface area contributed by atoms with Crippen LogP contribution in [0.4, 0.5) is 5.69 Å². The topological polar surface area (TPSA) is 42.0 Å². The summed E-state index contributed by atoms with van der Waals surface area (Å²) in [5.74, 6) is 0.197. The van der Waals surface area contributed by atoms with Crippen LogP contribution in [0.5, 0.6) is 0 Å². The first-order chi connectivity index (χ1) is 7.22. The van der Waals surface area contributed by atoms with E-state index >= 15 is 0 Å². The Hall–Kier alpha value is -1.38. The fourth-order valence-corrected chi connectivity index (χ4v) is 2.11. The third-order valence-electron chi connectivity index (χ3n) is 2.87. The minimum absolute atomic E-state index is 0.197. The second-order valence-electron chi connectivity index (χ2n) is 4.02. The van der Waals surface area contributed by atoms with Gasteiger partial charge in [0.25, 0.3) is 0 Å². The summed E-state index contributed by atoms with van der Waals surface area (Å²) >= 11 is 0. The molecular formula is C12H16N2O. The van der Waals surface area contributed by atoms with Crippen molar-refractivity contribution in [1.82, 2.24) is 4.98 Å². The lowest BCUT2D eigenvalue weighted by atomic mass is 10.1. The number of nitrogens with zero attached hydrogens (tertiary/aromatic N) is 1. The van der Waals surface area contributed by atoms with Crippen molar-refractivity contribution in [3.05, 3.63) is 23.0 Å². The Balaban J connectivity index is 2.58. The number of ketones is 1. The first-order valence-electron chi connectivity index (χ1n) is 5.44. The van der Waals surface area contributed by atoms with Gasteiger partial charge in [-0.05, 0) is 32.3 Å². The normalized spacial score (nSPS) is 15.7. The van der Waals surface area contributed by atoms with Crippen molar-refractivity contribution in [2.45, 2.75) is 32.6 Å². The average Bonchev–Trinajstić information content (AvgIpc) is 2.40. The maximum atomic E-state index is 11.8. The van der Waals surface area contributed by atoms with Crippen LogP contribution in [0.25, 0.3) is 0 Å². The van der Waals surface area contributed by atoms with E-state index in [1.807, 2.05) is 20.0 Å². The summed E-state index contributed by atoms with van der Waals surface area (Å²) in [5, 5.41) is 3.15. The van der Waals surface area contributed by atoms with Gasteiger partial charge in [0.2, 0.25) is 0 Å². The van der Waals surface area contributed by atoms with E-state index in [4.69, 9.17) is 0 Å². The summed E-state index contributed by atoms with van der Waals surface area (Å²) in [7, 11) is 1.89. The first-order valence-corrected chi connectivity index (χ1v) is 5.44. The van der Waals surface area contributed by atoms with Gasteiger partial charge in [0.1, 0.15) is 5.69 Å². The summed E-state index contributed by atoms with van der Waals surface area (Å²) < 4.78 is 0. The number of nitrogens with one attached hydrogen (secondary N) is 1. The SMILES string of the molecule is CNc1cc(C)nc2c1CCCCC2=O.